The molecule has 0 unspecified atom stereocenters. The van der Waals surface area contributed by atoms with E-state index in [1.807, 2.05) is 0 Å². The minimum absolute atomic E-state index is 0.207. The Bertz CT molecular complexity index is 750. The van der Waals surface area contributed by atoms with Gasteiger partial charge in [0, 0.05) is 18.0 Å². The van der Waals surface area contributed by atoms with Crippen molar-refractivity contribution in [3.63, 3.8) is 0 Å². The molecule has 0 bridgehead atoms. The molecule has 1 N–H and O–H groups in total. The maximum Gasteiger partial charge on any atom is 0.277 e. The number of aryl methyl sites for hydroxylation is 2. The molecule has 0 spiro atoms. The van der Waals surface area contributed by atoms with E-state index in [9.17, 15) is 9.59 Å². The summed E-state index contributed by atoms with van der Waals surface area (Å²) >= 11 is 1.53. The van der Waals surface area contributed by atoms with Crippen molar-refractivity contribution in [2.45, 2.75) is 26.2 Å². The number of amides is 1. The summed E-state index contributed by atoms with van der Waals surface area (Å²) in [6.45, 7) is 2.23. The number of rotatable bonds is 2. The van der Waals surface area contributed by atoms with Gasteiger partial charge in [0.25, 0.3) is 11.5 Å². The van der Waals surface area contributed by atoms with Crippen LogP contribution in [0, 0.1) is 5.92 Å². The summed E-state index contributed by atoms with van der Waals surface area (Å²) in [5.41, 5.74) is 1.06. The van der Waals surface area contributed by atoms with Gasteiger partial charge in [-0.05, 0) is 31.2 Å². The highest BCUT2D eigenvalue weighted by molar-refractivity contribution is 7.15. The first-order chi connectivity index (χ1) is 10.0. The van der Waals surface area contributed by atoms with Crippen LogP contribution in [0.5, 0.6) is 0 Å². The van der Waals surface area contributed by atoms with Gasteiger partial charge in [0.1, 0.15) is 5.69 Å². The molecule has 0 aliphatic heterocycles. The Kier molecular flexibility index (Phi) is 3.59. The highest BCUT2D eigenvalue weighted by Crippen LogP contribution is 2.32. The van der Waals surface area contributed by atoms with Crippen molar-refractivity contribution in [3.8, 4) is 0 Å². The van der Waals surface area contributed by atoms with Crippen LogP contribution in [0.4, 0.5) is 5.13 Å². The molecule has 2 aromatic heterocycles. The number of anilines is 1. The largest absolute Gasteiger partial charge is 0.296 e. The monoisotopic (exact) mass is 304 g/mol. The molecular formula is C14H16N4O2S. The van der Waals surface area contributed by atoms with Crippen molar-refractivity contribution in [2.24, 2.45) is 13.0 Å². The summed E-state index contributed by atoms with van der Waals surface area (Å²) in [6.07, 6.45) is 3.15. The van der Waals surface area contributed by atoms with E-state index >= 15 is 0 Å². The molecule has 1 aliphatic rings. The van der Waals surface area contributed by atoms with Gasteiger partial charge >= 0.3 is 0 Å². The van der Waals surface area contributed by atoms with Crippen LogP contribution in [0.3, 0.4) is 0 Å². The summed E-state index contributed by atoms with van der Waals surface area (Å²) < 4.78 is 1.14. The smallest absolute Gasteiger partial charge is 0.277 e. The molecule has 6 nitrogen and oxygen atoms in total. The molecule has 0 radical (unpaired) electrons. The van der Waals surface area contributed by atoms with Crippen LogP contribution >= 0.6 is 11.3 Å². The third kappa shape index (κ3) is 2.87. The molecule has 7 heteroatoms. The molecule has 2 heterocycles. The van der Waals surface area contributed by atoms with Crippen molar-refractivity contribution >= 4 is 22.4 Å². The van der Waals surface area contributed by atoms with Gasteiger partial charge in [-0.15, -0.1) is 11.3 Å². The Labute approximate surface area is 125 Å². The number of carbonyl (C=O) groups is 1. The van der Waals surface area contributed by atoms with E-state index in [0.29, 0.717) is 11.0 Å². The van der Waals surface area contributed by atoms with Crippen LogP contribution in [0.1, 0.15) is 34.4 Å². The molecule has 1 aliphatic carbocycles. The predicted molar refractivity (Wildman–Crippen MR) is 80.7 cm³/mol. The third-order valence-electron chi connectivity index (χ3n) is 3.60. The molecule has 0 aromatic carbocycles. The fourth-order valence-corrected chi connectivity index (χ4v) is 3.54. The molecular weight excluding hydrogens is 288 g/mol. The van der Waals surface area contributed by atoms with E-state index in [4.69, 9.17) is 0 Å². The van der Waals surface area contributed by atoms with Crippen LogP contribution in [0.15, 0.2) is 16.9 Å². The topological polar surface area (TPSA) is 76.9 Å². The first-order valence-corrected chi connectivity index (χ1v) is 7.69. The van der Waals surface area contributed by atoms with Gasteiger partial charge < -0.3 is 0 Å². The number of hydrogen-bond acceptors (Lipinski definition) is 5. The second-order valence-electron chi connectivity index (χ2n) is 5.37. The number of aromatic nitrogens is 3. The summed E-state index contributed by atoms with van der Waals surface area (Å²) in [5, 5.41) is 7.31. The average molecular weight is 304 g/mol. The van der Waals surface area contributed by atoms with Crippen molar-refractivity contribution in [2.75, 3.05) is 5.32 Å². The van der Waals surface area contributed by atoms with Crippen LogP contribution in [-0.2, 0) is 19.9 Å². The Morgan fingerprint density at radius 1 is 1.48 bits per heavy atom. The van der Waals surface area contributed by atoms with Crippen molar-refractivity contribution in [1.82, 2.24) is 14.8 Å². The van der Waals surface area contributed by atoms with Gasteiger partial charge in [-0.1, -0.05) is 6.92 Å². The van der Waals surface area contributed by atoms with Gasteiger partial charge in [0.05, 0.1) is 5.69 Å². The minimum atomic E-state index is -0.343. The molecule has 1 atom stereocenters. The average Bonchev–Trinajstić information content (AvgIpc) is 2.83. The van der Waals surface area contributed by atoms with Crippen molar-refractivity contribution in [1.29, 1.82) is 0 Å². The lowest BCUT2D eigenvalue weighted by molar-refractivity contribution is 0.102. The molecule has 0 saturated heterocycles. The van der Waals surface area contributed by atoms with Crippen molar-refractivity contribution < 1.29 is 4.79 Å². The van der Waals surface area contributed by atoms with Gasteiger partial charge in [-0.3, -0.25) is 14.9 Å². The van der Waals surface area contributed by atoms with Gasteiger partial charge in [-0.25, -0.2) is 9.67 Å². The first-order valence-electron chi connectivity index (χ1n) is 6.87. The van der Waals surface area contributed by atoms with E-state index in [1.54, 1.807) is 0 Å². The Balaban J connectivity index is 1.78. The number of nitrogens with zero attached hydrogens (tertiary/aromatic N) is 3. The van der Waals surface area contributed by atoms with Gasteiger partial charge in [0.2, 0.25) is 0 Å². The number of nitrogens with one attached hydrogen (secondary N) is 1. The van der Waals surface area contributed by atoms with Gasteiger partial charge in [0.15, 0.2) is 5.13 Å². The molecule has 2 aromatic rings. The highest BCUT2D eigenvalue weighted by atomic mass is 32.1. The zero-order chi connectivity index (χ0) is 15.0. The molecule has 0 saturated carbocycles. The number of carbonyl (C=O) groups excluding carboxylic acids is 1. The summed E-state index contributed by atoms with van der Waals surface area (Å²) in [4.78, 5) is 29.1. The summed E-state index contributed by atoms with van der Waals surface area (Å²) in [7, 11) is 1.52. The molecule has 21 heavy (non-hydrogen) atoms. The number of hydrogen-bond donors (Lipinski definition) is 1. The maximum atomic E-state index is 12.1. The summed E-state index contributed by atoms with van der Waals surface area (Å²) in [6, 6.07) is 2.75. The fourth-order valence-electron chi connectivity index (χ4n) is 2.38. The predicted octanol–water partition coefficient (Wildman–Crippen LogP) is 1.61. The Morgan fingerprint density at radius 3 is 3.05 bits per heavy atom. The fraction of sp³-hybridized carbons (Fsp3) is 0.429. The van der Waals surface area contributed by atoms with E-state index < -0.39 is 0 Å². The highest BCUT2D eigenvalue weighted by Gasteiger charge is 2.21. The first kappa shape index (κ1) is 13.9. The van der Waals surface area contributed by atoms with Crippen LogP contribution in [0.25, 0.3) is 0 Å². The van der Waals surface area contributed by atoms with E-state index in [0.717, 1.165) is 29.6 Å². The molecule has 3 rings (SSSR count). The standard InChI is InChI=1S/C14H16N4O2S/c1-8-3-4-9-11(7-8)21-14(15-9)16-13(20)10-5-6-12(19)18(2)17-10/h5-6,8H,3-4,7H2,1-2H3,(H,15,16,20)/t8-/m0/s1. The second kappa shape index (κ2) is 5.40. The Hall–Kier alpha value is -2.02. The SMILES string of the molecule is C[C@H]1CCc2nc(NC(=O)c3ccc(=O)n(C)n3)sc2C1. The van der Waals surface area contributed by atoms with Crippen LogP contribution in [0.2, 0.25) is 0 Å². The molecule has 0 fully saturated rings. The number of thiazole rings is 1. The normalized spacial score (nSPS) is 17.3. The van der Waals surface area contributed by atoms with E-state index in [2.05, 4.69) is 22.3 Å². The summed E-state index contributed by atoms with van der Waals surface area (Å²) in [5.74, 6) is 0.330. The quantitative estimate of drug-likeness (QED) is 0.914. The third-order valence-corrected chi connectivity index (χ3v) is 4.63. The van der Waals surface area contributed by atoms with Crippen molar-refractivity contribution in [3.05, 3.63) is 38.8 Å². The lowest BCUT2D eigenvalue weighted by Gasteiger charge is -2.15. The Morgan fingerprint density at radius 2 is 2.29 bits per heavy atom. The maximum absolute atomic E-state index is 12.1. The molecule has 110 valence electrons. The number of fused-ring (bicyclic) bond motifs is 1. The lowest BCUT2D eigenvalue weighted by atomic mass is 9.93. The van der Waals surface area contributed by atoms with E-state index in [-0.39, 0.29) is 17.2 Å². The zero-order valence-corrected chi connectivity index (χ0v) is 12.7. The minimum Gasteiger partial charge on any atom is -0.296 e. The lowest BCUT2D eigenvalue weighted by Crippen LogP contribution is -2.23. The molecule has 1 amide bonds. The van der Waals surface area contributed by atoms with E-state index in [1.165, 1.54) is 35.4 Å². The zero-order valence-electron chi connectivity index (χ0n) is 11.9. The van der Waals surface area contributed by atoms with Gasteiger partial charge in [-0.2, -0.15) is 5.10 Å². The van der Waals surface area contributed by atoms with Crippen LogP contribution in [-0.4, -0.2) is 20.7 Å². The second-order valence-corrected chi connectivity index (χ2v) is 6.46. The van der Waals surface area contributed by atoms with Crippen LogP contribution < -0.4 is 10.9 Å².